The van der Waals surface area contributed by atoms with Gasteiger partial charge in [0.15, 0.2) is 5.78 Å². The number of carbonyl (C=O) groups excluding carboxylic acids is 4. The first-order valence-electron chi connectivity index (χ1n) is 12.9. The number of carbonyl (C=O) groups is 4. The second kappa shape index (κ2) is 15.3. The lowest BCUT2D eigenvalue weighted by Crippen LogP contribution is -2.45. The highest BCUT2D eigenvalue weighted by molar-refractivity contribution is 7.90. The maximum atomic E-state index is 13.2. The van der Waals surface area contributed by atoms with Crippen molar-refractivity contribution in [3.05, 3.63) is 18.0 Å². The van der Waals surface area contributed by atoms with Gasteiger partial charge in [0.1, 0.15) is 5.78 Å². The number of primary amides is 1. The zero-order valence-electron chi connectivity index (χ0n) is 23.7. The van der Waals surface area contributed by atoms with Gasteiger partial charge < -0.3 is 16.4 Å². The number of ketones is 2. The molecular weight excluding hydrogens is 522 g/mol. The molecule has 1 aromatic rings. The molecule has 11 nitrogen and oxygen atoms in total. The Morgan fingerprint density at radius 3 is 2.21 bits per heavy atom. The number of Topliss-reactive ketones (excluding diaryl/α,β-unsaturated/α-hetero) is 2. The number of hydrogen-bond donors (Lipinski definition) is 3. The van der Waals surface area contributed by atoms with E-state index in [1.807, 2.05) is 13.8 Å². The average molecular weight is 564 g/mol. The Labute approximate surface area is 231 Å². The van der Waals surface area contributed by atoms with Crippen LogP contribution in [0.15, 0.2) is 17.6 Å². The van der Waals surface area contributed by atoms with Crippen LogP contribution in [0.4, 0.5) is 4.79 Å². The van der Waals surface area contributed by atoms with E-state index < -0.39 is 33.2 Å². The molecule has 39 heavy (non-hydrogen) atoms. The minimum atomic E-state index is -3.48. The zero-order chi connectivity index (χ0) is 29.8. The summed E-state index contributed by atoms with van der Waals surface area (Å²) in [7, 11) is -3.48. The normalized spacial score (nSPS) is 13.1. The fourth-order valence-corrected chi connectivity index (χ4v) is 4.30. The van der Waals surface area contributed by atoms with Crippen LogP contribution in [-0.2, 0) is 24.2 Å². The molecule has 0 saturated heterocycles. The molecule has 1 heterocycles. The molecule has 4 N–H and O–H groups in total. The minimum absolute atomic E-state index is 0.00146. The Kier molecular flexibility index (Phi) is 13.2. The molecule has 0 unspecified atom stereocenters. The molecule has 0 bridgehead atoms. The third-order valence-corrected chi connectivity index (χ3v) is 6.69. The first-order valence-corrected chi connectivity index (χ1v) is 14.8. The van der Waals surface area contributed by atoms with Crippen molar-refractivity contribution in [2.24, 2.45) is 23.0 Å². The second-order valence-electron chi connectivity index (χ2n) is 10.9. The van der Waals surface area contributed by atoms with Gasteiger partial charge in [0, 0.05) is 55.8 Å². The lowest BCUT2D eigenvalue weighted by atomic mass is 9.78. The van der Waals surface area contributed by atoms with Crippen LogP contribution in [0.1, 0.15) is 78.7 Å². The van der Waals surface area contributed by atoms with E-state index in [9.17, 15) is 27.6 Å². The van der Waals surface area contributed by atoms with Crippen LogP contribution >= 0.6 is 0 Å². The summed E-state index contributed by atoms with van der Waals surface area (Å²) in [6, 6.07) is -1.37. The van der Waals surface area contributed by atoms with Crippen molar-refractivity contribution in [2.75, 3.05) is 12.8 Å². The highest BCUT2D eigenvalue weighted by atomic mass is 32.2. The smallest absolute Gasteiger partial charge is 0.312 e. The van der Waals surface area contributed by atoms with Gasteiger partial charge in [-0.15, -0.1) is 0 Å². The van der Waals surface area contributed by atoms with Crippen LogP contribution in [0.5, 0.6) is 0 Å². The lowest BCUT2D eigenvalue weighted by Gasteiger charge is -2.27. The van der Waals surface area contributed by atoms with Gasteiger partial charge in [-0.3, -0.25) is 14.4 Å². The maximum absolute atomic E-state index is 13.2. The number of hydrogen-bond acceptors (Lipinski definition) is 8. The topological polar surface area (TPSA) is 178 Å². The minimum Gasteiger partial charge on any atom is -0.352 e. The highest BCUT2D eigenvalue weighted by Crippen LogP contribution is 2.26. The van der Waals surface area contributed by atoms with Gasteiger partial charge in [-0.25, -0.2) is 23.2 Å². The Morgan fingerprint density at radius 2 is 1.69 bits per heavy atom. The first-order chi connectivity index (χ1) is 18.0. The molecule has 12 heteroatoms. The van der Waals surface area contributed by atoms with Gasteiger partial charge in [-0.1, -0.05) is 46.5 Å². The molecular formula is C27H41N5O6S. The Hall–Kier alpha value is -3.33. The summed E-state index contributed by atoms with van der Waals surface area (Å²) < 4.78 is 22.8. The van der Waals surface area contributed by atoms with Crippen molar-refractivity contribution in [3.8, 4) is 11.8 Å². The number of nitrogens with one attached hydrogen (secondary N) is 2. The van der Waals surface area contributed by atoms with Gasteiger partial charge in [-0.05, 0) is 25.2 Å². The third-order valence-electron chi connectivity index (χ3n) is 5.81. The molecule has 0 aliphatic carbocycles. The van der Waals surface area contributed by atoms with Crippen molar-refractivity contribution in [1.29, 1.82) is 0 Å². The van der Waals surface area contributed by atoms with Crippen LogP contribution < -0.4 is 16.4 Å². The van der Waals surface area contributed by atoms with Gasteiger partial charge in [0.2, 0.25) is 20.9 Å². The first kappa shape index (κ1) is 33.7. The van der Waals surface area contributed by atoms with Crippen LogP contribution in [0.25, 0.3) is 0 Å². The molecule has 0 saturated carbocycles. The number of aromatic nitrogens is 2. The number of urea groups is 1. The summed E-state index contributed by atoms with van der Waals surface area (Å²) in [6.07, 6.45) is 5.62. The molecule has 0 aliphatic rings. The predicted octanol–water partition coefficient (Wildman–Crippen LogP) is 2.18. The Bertz CT molecular complexity index is 1180. The summed E-state index contributed by atoms with van der Waals surface area (Å²) in [5.41, 5.74) is 4.92. The monoisotopic (exact) mass is 563 g/mol. The average Bonchev–Trinajstić information content (AvgIpc) is 2.82. The van der Waals surface area contributed by atoms with E-state index >= 15 is 0 Å². The van der Waals surface area contributed by atoms with Crippen molar-refractivity contribution in [1.82, 2.24) is 20.6 Å². The van der Waals surface area contributed by atoms with Crippen LogP contribution in [0.3, 0.4) is 0 Å². The largest absolute Gasteiger partial charge is 0.352 e. The van der Waals surface area contributed by atoms with Crippen LogP contribution in [0, 0.1) is 29.1 Å². The summed E-state index contributed by atoms with van der Waals surface area (Å²) >= 11 is 0. The Morgan fingerprint density at radius 1 is 1.08 bits per heavy atom. The molecule has 3 amide bonds. The van der Waals surface area contributed by atoms with Crippen molar-refractivity contribution in [2.45, 2.75) is 84.3 Å². The second-order valence-corrected chi connectivity index (χ2v) is 12.8. The maximum Gasteiger partial charge on any atom is 0.312 e. The molecule has 2 atom stereocenters. The van der Waals surface area contributed by atoms with Gasteiger partial charge in [0.25, 0.3) is 0 Å². The van der Waals surface area contributed by atoms with Crippen LogP contribution in [0.2, 0.25) is 0 Å². The van der Waals surface area contributed by atoms with Crippen molar-refractivity contribution >= 4 is 33.3 Å². The summed E-state index contributed by atoms with van der Waals surface area (Å²) in [5.74, 6) is 4.49. The Balaban J connectivity index is 2.69. The lowest BCUT2D eigenvalue weighted by molar-refractivity contribution is -0.135. The van der Waals surface area contributed by atoms with E-state index in [1.54, 1.807) is 20.8 Å². The zero-order valence-corrected chi connectivity index (χ0v) is 24.5. The quantitative estimate of drug-likeness (QED) is 0.175. The molecule has 1 rings (SSSR count). The number of sulfone groups is 1. The SMILES string of the molecule is CC(C)[C@H](NC(=O)CCCC#Cc1cnc(S(C)(=O)=O)nc1)C(=O)C[C@@H](CCCNC(N)=O)C(=O)C(C)(C)C. The predicted molar refractivity (Wildman–Crippen MR) is 147 cm³/mol. The number of nitrogens with zero attached hydrogens (tertiary/aromatic N) is 2. The van der Waals surface area contributed by atoms with Gasteiger partial charge in [0.05, 0.1) is 11.6 Å². The summed E-state index contributed by atoms with van der Waals surface area (Å²) in [6.45, 7) is 9.39. The van der Waals surface area contributed by atoms with E-state index in [0.29, 0.717) is 37.8 Å². The molecule has 0 fully saturated rings. The molecule has 1 aromatic heterocycles. The highest BCUT2D eigenvalue weighted by Gasteiger charge is 2.33. The van der Waals surface area contributed by atoms with E-state index in [0.717, 1.165) is 6.26 Å². The van der Waals surface area contributed by atoms with E-state index in [2.05, 4.69) is 32.4 Å². The third kappa shape index (κ3) is 12.8. The summed E-state index contributed by atoms with van der Waals surface area (Å²) in [5, 5.41) is 5.03. The molecule has 0 aromatic carbocycles. The molecule has 0 spiro atoms. The molecule has 0 radical (unpaired) electrons. The number of amides is 3. The number of unbranched alkanes of at least 4 members (excludes halogenated alkanes) is 1. The standard InChI is InChI=1S/C27H41N5O6S/c1-18(2)23(21(33)15-20(24(35)27(3,4)5)12-10-14-29-25(28)36)32-22(34)13-9-7-8-11-19-16-30-26(31-17-19)39(6,37)38/h16-18,20,23H,7,9-10,12-15H2,1-6H3,(H,32,34)(H3,28,29,36)/t20-,23+/m1/s1. The van der Waals surface area contributed by atoms with E-state index in [4.69, 9.17) is 5.73 Å². The molecule has 0 aliphatic heterocycles. The molecule has 216 valence electrons. The fourth-order valence-electron chi connectivity index (χ4n) is 3.81. The summed E-state index contributed by atoms with van der Waals surface area (Å²) in [4.78, 5) is 57.2. The number of nitrogens with two attached hydrogens (primary N) is 1. The van der Waals surface area contributed by atoms with E-state index in [1.165, 1.54) is 12.4 Å². The van der Waals surface area contributed by atoms with Crippen molar-refractivity contribution < 1.29 is 27.6 Å². The number of rotatable bonds is 14. The van der Waals surface area contributed by atoms with Crippen molar-refractivity contribution in [3.63, 3.8) is 0 Å². The van der Waals surface area contributed by atoms with E-state index in [-0.39, 0.29) is 41.4 Å². The van der Waals surface area contributed by atoms with Crippen LogP contribution in [-0.4, -0.2) is 60.7 Å². The fraction of sp³-hybridized carbons (Fsp3) is 0.630. The van der Waals surface area contributed by atoms with Gasteiger partial charge in [-0.2, -0.15) is 0 Å². The van der Waals surface area contributed by atoms with Gasteiger partial charge >= 0.3 is 6.03 Å².